The Balaban J connectivity index is 2.40. The summed E-state index contributed by atoms with van der Waals surface area (Å²) in [6, 6.07) is 3.71. The average molecular weight is 265 g/mol. The Bertz CT molecular complexity index is 602. The normalized spacial score (nSPS) is 16.7. The first-order valence-corrected chi connectivity index (χ1v) is 7.75. The van der Waals surface area contributed by atoms with Crippen LogP contribution < -0.4 is 5.32 Å². The number of pyridine rings is 1. The summed E-state index contributed by atoms with van der Waals surface area (Å²) in [5.41, 5.74) is 1.88. The first-order valence-electron chi connectivity index (χ1n) is 5.93. The third kappa shape index (κ3) is 2.62. The molecule has 96 valence electrons. The molecule has 0 amide bonds. The molecule has 0 aliphatic carbocycles. The van der Waals surface area contributed by atoms with Crippen molar-refractivity contribution in [2.45, 2.75) is 25.5 Å². The second-order valence-electron chi connectivity index (χ2n) is 4.37. The number of fused-ring (bicyclic) bond motifs is 1. The molecule has 0 radical (unpaired) electrons. The summed E-state index contributed by atoms with van der Waals surface area (Å²) in [6.45, 7) is 2.78. The summed E-state index contributed by atoms with van der Waals surface area (Å²) in [7, 11) is -3.02. The summed E-state index contributed by atoms with van der Waals surface area (Å²) in [5, 5.41) is 12.2. The molecule has 5 nitrogen and oxygen atoms in total. The number of nitrogens with one attached hydrogen (secondary N) is 1. The minimum atomic E-state index is -3.02. The summed E-state index contributed by atoms with van der Waals surface area (Å²) in [6.07, 6.45) is 1.38. The Labute approximate surface area is 107 Å². The second-order valence-corrected chi connectivity index (χ2v) is 6.56. The van der Waals surface area contributed by atoms with E-state index in [4.69, 9.17) is 5.26 Å². The van der Waals surface area contributed by atoms with Crippen molar-refractivity contribution < 1.29 is 8.42 Å². The third-order valence-corrected chi connectivity index (χ3v) is 4.46. The maximum atomic E-state index is 11.5. The van der Waals surface area contributed by atoms with Gasteiger partial charge in [0.15, 0.2) is 9.84 Å². The van der Waals surface area contributed by atoms with Crippen LogP contribution >= 0.6 is 0 Å². The van der Waals surface area contributed by atoms with E-state index >= 15 is 0 Å². The highest BCUT2D eigenvalue weighted by Crippen LogP contribution is 2.24. The average Bonchev–Trinajstić information content (AvgIpc) is 2.34. The molecule has 0 atom stereocenters. The van der Waals surface area contributed by atoms with Crippen LogP contribution in [0.1, 0.15) is 30.2 Å². The van der Waals surface area contributed by atoms with Gasteiger partial charge in [-0.15, -0.1) is 0 Å². The summed E-state index contributed by atoms with van der Waals surface area (Å²) < 4.78 is 23.1. The predicted molar refractivity (Wildman–Crippen MR) is 68.9 cm³/mol. The Morgan fingerprint density at radius 3 is 3.00 bits per heavy atom. The molecule has 2 heterocycles. The van der Waals surface area contributed by atoms with Crippen LogP contribution in [0.15, 0.2) is 6.07 Å². The lowest BCUT2D eigenvalue weighted by molar-refractivity contribution is 0.590. The molecule has 18 heavy (non-hydrogen) atoms. The van der Waals surface area contributed by atoms with Crippen LogP contribution in [0.4, 0.5) is 5.82 Å². The molecule has 0 spiro atoms. The molecule has 0 saturated carbocycles. The SMILES string of the molecule is CCCNc1nc2c(cc1C#N)CS(=O)(=O)CC2. The maximum Gasteiger partial charge on any atom is 0.154 e. The zero-order valence-corrected chi connectivity index (χ0v) is 11.0. The van der Waals surface area contributed by atoms with E-state index in [-0.39, 0.29) is 11.5 Å². The topological polar surface area (TPSA) is 82.8 Å². The smallest absolute Gasteiger partial charge is 0.154 e. The van der Waals surface area contributed by atoms with E-state index in [2.05, 4.69) is 16.4 Å². The molecule has 0 fully saturated rings. The van der Waals surface area contributed by atoms with Crippen molar-refractivity contribution in [3.05, 3.63) is 22.9 Å². The number of anilines is 1. The second kappa shape index (κ2) is 4.94. The Kier molecular flexibility index (Phi) is 3.53. The highest BCUT2D eigenvalue weighted by molar-refractivity contribution is 7.90. The zero-order valence-electron chi connectivity index (χ0n) is 10.2. The van der Waals surface area contributed by atoms with E-state index in [9.17, 15) is 8.42 Å². The number of nitrogens with zero attached hydrogens (tertiary/aromatic N) is 2. The molecule has 0 unspecified atom stereocenters. The van der Waals surface area contributed by atoms with Crippen molar-refractivity contribution in [1.29, 1.82) is 5.26 Å². The fraction of sp³-hybridized carbons (Fsp3) is 0.500. The number of aromatic nitrogens is 1. The standard InChI is InChI=1S/C12H15N3O2S/c1-2-4-14-12-9(7-13)6-10-8-18(16,17)5-3-11(10)15-12/h6H,2-5,8H2,1H3,(H,14,15). The van der Waals surface area contributed by atoms with Gasteiger partial charge in [0.2, 0.25) is 0 Å². The van der Waals surface area contributed by atoms with Crippen molar-refractivity contribution >= 4 is 15.7 Å². The summed E-state index contributed by atoms with van der Waals surface area (Å²) in [5.74, 6) is 0.710. The van der Waals surface area contributed by atoms with Gasteiger partial charge in [0.25, 0.3) is 0 Å². The van der Waals surface area contributed by atoms with Crippen LogP contribution in [0.25, 0.3) is 0 Å². The van der Waals surface area contributed by atoms with E-state index in [0.29, 0.717) is 23.4 Å². The van der Waals surface area contributed by atoms with Gasteiger partial charge in [-0.1, -0.05) is 6.92 Å². The Morgan fingerprint density at radius 2 is 2.33 bits per heavy atom. The van der Waals surface area contributed by atoms with Gasteiger partial charge in [-0.25, -0.2) is 13.4 Å². The monoisotopic (exact) mass is 265 g/mol. The molecule has 0 aromatic carbocycles. The van der Waals surface area contributed by atoms with Gasteiger partial charge in [0.1, 0.15) is 11.9 Å². The van der Waals surface area contributed by atoms with E-state index in [1.807, 2.05) is 6.92 Å². The molecule has 0 bridgehead atoms. The summed E-state index contributed by atoms with van der Waals surface area (Å²) in [4.78, 5) is 4.39. The Morgan fingerprint density at radius 1 is 1.56 bits per heavy atom. The van der Waals surface area contributed by atoms with Crippen LogP contribution in [-0.2, 0) is 22.0 Å². The first kappa shape index (κ1) is 12.8. The van der Waals surface area contributed by atoms with Crippen molar-refractivity contribution in [3.63, 3.8) is 0 Å². The first-order chi connectivity index (χ1) is 8.55. The highest BCUT2D eigenvalue weighted by atomic mass is 32.2. The van der Waals surface area contributed by atoms with E-state index in [0.717, 1.165) is 18.7 Å². The quantitative estimate of drug-likeness (QED) is 0.889. The minimum Gasteiger partial charge on any atom is -0.369 e. The molecule has 2 rings (SSSR count). The number of rotatable bonds is 3. The molecule has 1 aromatic rings. The maximum absolute atomic E-state index is 11.5. The predicted octanol–water partition coefficient (Wildman–Crippen LogP) is 1.25. The molecular formula is C12H15N3O2S. The third-order valence-electron chi connectivity index (χ3n) is 2.88. The molecule has 1 aromatic heterocycles. The number of nitriles is 1. The lowest BCUT2D eigenvalue weighted by Crippen LogP contribution is -2.21. The van der Waals surface area contributed by atoms with Crippen molar-refractivity contribution in [1.82, 2.24) is 4.98 Å². The molecular weight excluding hydrogens is 250 g/mol. The van der Waals surface area contributed by atoms with Gasteiger partial charge in [0.05, 0.1) is 17.1 Å². The van der Waals surface area contributed by atoms with E-state index < -0.39 is 9.84 Å². The van der Waals surface area contributed by atoms with Crippen LogP contribution in [0.3, 0.4) is 0 Å². The van der Waals surface area contributed by atoms with E-state index in [1.54, 1.807) is 6.07 Å². The molecule has 0 saturated heterocycles. The number of aryl methyl sites for hydroxylation is 1. The lowest BCUT2D eigenvalue weighted by atomic mass is 10.1. The van der Waals surface area contributed by atoms with Gasteiger partial charge < -0.3 is 5.32 Å². The molecule has 1 aliphatic rings. The minimum absolute atomic E-state index is 0.00191. The van der Waals surface area contributed by atoms with Crippen molar-refractivity contribution in [2.24, 2.45) is 0 Å². The van der Waals surface area contributed by atoms with Gasteiger partial charge >= 0.3 is 0 Å². The summed E-state index contributed by atoms with van der Waals surface area (Å²) >= 11 is 0. The largest absolute Gasteiger partial charge is 0.369 e. The van der Waals surface area contributed by atoms with Gasteiger partial charge in [-0.05, 0) is 18.1 Å². The molecule has 1 aliphatic heterocycles. The van der Waals surface area contributed by atoms with Gasteiger partial charge in [0, 0.05) is 18.7 Å². The lowest BCUT2D eigenvalue weighted by Gasteiger charge is -2.17. The number of hydrogen-bond donors (Lipinski definition) is 1. The van der Waals surface area contributed by atoms with Gasteiger partial charge in [-0.3, -0.25) is 0 Å². The van der Waals surface area contributed by atoms with Crippen LogP contribution in [0.5, 0.6) is 0 Å². The fourth-order valence-corrected chi connectivity index (χ4v) is 3.33. The zero-order chi connectivity index (χ0) is 13.2. The van der Waals surface area contributed by atoms with Gasteiger partial charge in [-0.2, -0.15) is 5.26 Å². The number of hydrogen-bond acceptors (Lipinski definition) is 5. The van der Waals surface area contributed by atoms with Crippen LogP contribution in [-0.4, -0.2) is 25.7 Å². The van der Waals surface area contributed by atoms with Crippen molar-refractivity contribution in [3.8, 4) is 6.07 Å². The molecule has 1 N–H and O–H groups in total. The fourth-order valence-electron chi connectivity index (χ4n) is 1.96. The molecule has 6 heteroatoms. The van der Waals surface area contributed by atoms with Crippen LogP contribution in [0, 0.1) is 11.3 Å². The van der Waals surface area contributed by atoms with Crippen LogP contribution in [0.2, 0.25) is 0 Å². The highest BCUT2D eigenvalue weighted by Gasteiger charge is 2.23. The Hall–Kier alpha value is -1.61. The van der Waals surface area contributed by atoms with Crippen molar-refractivity contribution in [2.75, 3.05) is 17.6 Å². The van der Waals surface area contributed by atoms with E-state index in [1.165, 1.54) is 0 Å². The number of sulfone groups is 1.